The van der Waals surface area contributed by atoms with Crippen molar-refractivity contribution in [3.8, 4) is 17.2 Å². The minimum Gasteiger partial charge on any atom is -0.352 e. The van der Waals surface area contributed by atoms with Crippen molar-refractivity contribution in [1.29, 1.82) is 0 Å². The molecule has 0 radical (unpaired) electrons. The summed E-state index contributed by atoms with van der Waals surface area (Å²) in [6, 6.07) is 19.5. The molecule has 0 bridgehead atoms. The second kappa shape index (κ2) is 7.92. The van der Waals surface area contributed by atoms with Gasteiger partial charge in [-0.2, -0.15) is 0 Å². The number of benzene rings is 2. The molecule has 0 saturated carbocycles. The Morgan fingerprint density at radius 1 is 1.10 bits per heavy atom. The summed E-state index contributed by atoms with van der Waals surface area (Å²) in [5.74, 6) is 0.415. The van der Waals surface area contributed by atoms with Gasteiger partial charge < -0.3 is 10.3 Å². The van der Waals surface area contributed by atoms with Gasteiger partial charge in [0, 0.05) is 29.7 Å². The molecule has 0 unspecified atom stereocenters. The molecule has 1 atom stereocenters. The number of carbonyl (C=O) groups is 2. The van der Waals surface area contributed by atoms with Crippen LogP contribution in [0.2, 0.25) is 0 Å². The molecule has 2 aromatic heterocycles. The maximum absolute atomic E-state index is 12.8. The number of rotatable bonds is 5. The largest absolute Gasteiger partial charge is 0.352 e. The van der Waals surface area contributed by atoms with Gasteiger partial charge in [0.25, 0.3) is 0 Å². The van der Waals surface area contributed by atoms with Gasteiger partial charge in [0.2, 0.25) is 5.91 Å². The van der Waals surface area contributed by atoms with E-state index in [0.717, 1.165) is 22.3 Å². The van der Waals surface area contributed by atoms with E-state index in [-0.39, 0.29) is 11.9 Å². The highest BCUT2D eigenvalue weighted by Crippen LogP contribution is 2.31. The smallest absolute Gasteiger partial charge is 0.324 e. The number of imide groups is 1. The quantitative estimate of drug-likeness (QED) is 0.471. The highest BCUT2D eigenvalue weighted by molar-refractivity contribution is 8.00. The molecule has 1 aliphatic heterocycles. The minimum atomic E-state index is -0.494. The molecule has 4 aromatic rings. The zero-order valence-electron chi connectivity index (χ0n) is 16.8. The fourth-order valence-electron chi connectivity index (χ4n) is 3.63. The lowest BCUT2D eigenvalue weighted by molar-refractivity contribution is -0.126. The number of hydrogen-bond acceptors (Lipinski definition) is 5. The number of urea groups is 1. The third kappa shape index (κ3) is 3.57. The van der Waals surface area contributed by atoms with Crippen LogP contribution in [-0.4, -0.2) is 54.9 Å². The monoisotopic (exact) mass is 432 g/mol. The highest BCUT2D eigenvalue weighted by atomic mass is 32.2. The average Bonchev–Trinajstić information content (AvgIpc) is 3.51. The number of aromatic amines is 1. The SMILES string of the molecule is C[C@@H](Sc1nnc(-c2cc3ccccc3[nH]2)n1-c1ccccc1)C(=O)N1CCNC1=O. The number of aromatic nitrogens is 4. The standard InChI is InChI=1S/C22H20N6O2S/c1-14(20(29)27-12-11-23-21(27)30)31-22-26-25-19(28(22)16-8-3-2-4-9-16)18-13-15-7-5-6-10-17(15)24-18/h2-10,13-14,24H,11-12H2,1H3,(H,23,30)/t14-/m1/s1. The lowest BCUT2D eigenvalue weighted by atomic mass is 10.2. The number of nitrogens with one attached hydrogen (secondary N) is 2. The van der Waals surface area contributed by atoms with Crippen molar-refractivity contribution < 1.29 is 9.59 Å². The summed E-state index contributed by atoms with van der Waals surface area (Å²) in [5, 5.41) is 12.7. The van der Waals surface area contributed by atoms with Gasteiger partial charge in [-0.1, -0.05) is 48.2 Å². The van der Waals surface area contributed by atoms with E-state index in [4.69, 9.17) is 0 Å². The number of carbonyl (C=O) groups excluding carboxylic acids is 2. The Kier molecular flexibility index (Phi) is 4.95. The van der Waals surface area contributed by atoms with Crippen molar-refractivity contribution >= 4 is 34.6 Å². The molecular weight excluding hydrogens is 412 g/mol. The van der Waals surface area contributed by atoms with E-state index in [0.29, 0.717) is 24.1 Å². The first-order valence-electron chi connectivity index (χ1n) is 9.96. The van der Waals surface area contributed by atoms with Gasteiger partial charge in [-0.25, -0.2) is 4.79 Å². The minimum absolute atomic E-state index is 0.241. The van der Waals surface area contributed by atoms with Crippen LogP contribution in [0.15, 0.2) is 65.8 Å². The second-order valence-corrected chi connectivity index (χ2v) is 8.54. The maximum Gasteiger partial charge on any atom is 0.324 e. The van der Waals surface area contributed by atoms with Crippen LogP contribution < -0.4 is 5.32 Å². The molecule has 1 saturated heterocycles. The van der Waals surface area contributed by atoms with Crippen molar-refractivity contribution in [3.05, 3.63) is 60.7 Å². The summed E-state index contributed by atoms with van der Waals surface area (Å²) >= 11 is 1.29. The van der Waals surface area contributed by atoms with Crippen LogP contribution >= 0.6 is 11.8 Å². The zero-order chi connectivity index (χ0) is 21.4. The first kappa shape index (κ1) is 19.4. The lowest BCUT2D eigenvalue weighted by Crippen LogP contribution is -2.39. The van der Waals surface area contributed by atoms with E-state index in [1.54, 1.807) is 6.92 Å². The van der Waals surface area contributed by atoms with Crippen LogP contribution in [0.1, 0.15) is 6.92 Å². The lowest BCUT2D eigenvalue weighted by Gasteiger charge is -2.17. The fourth-order valence-corrected chi connectivity index (χ4v) is 4.56. The van der Waals surface area contributed by atoms with Crippen LogP contribution in [0.5, 0.6) is 0 Å². The first-order valence-corrected chi connectivity index (χ1v) is 10.8. The van der Waals surface area contributed by atoms with Crippen molar-refractivity contribution in [2.75, 3.05) is 13.1 Å². The topological polar surface area (TPSA) is 95.9 Å². The molecule has 9 heteroatoms. The highest BCUT2D eigenvalue weighted by Gasteiger charge is 2.31. The van der Waals surface area contributed by atoms with Gasteiger partial charge in [-0.05, 0) is 31.2 Å². The zero-order valence-corrected chi connectivity index (χ0v) is 17.6. The Hall–Kier alpha value is -3.59. The number of nitrogens with zero attached hydrogens (tertiary/aromatic N) is 4. The van der Waals surface area contributed by atoms with Gasteiger partial charge in [0.15, 0.2) is 11.0 Å². The van der Waals surface area contributed by atoms with Gasteiger partial charge in [0.05, 0.1) is 10.9 Å². The molecule has 2 aromatic carbocycles. The van der Waals surface area contributed by atoms with Crippen molar-refractivity contribution in [2.24, 2.45) is 0 Å². The van der Waals surface area contributed by atoms with E-state index in [1.807, 2.05) is 65.2 Å². The molecule has 0 aliphatic carbocycles. The van der Waals surface area contributed by atoms with Gasteiger partial charge in [-0.3, -0.25) is 14.3 Å². The Morgan fingerprint density at radius 2 is 1.87 bits per heavy atom. The molecule has 31 heavy (non-hydrogen) atoms. The number of thioether (sulfide) groups is 1. The summed E-state index contributed by atoms with van der Waals surface area (Å²) in [4.78, 5) is 29.3. The number of fused-ring (bicyclic) bond motifs is 1. The third-order valence-electron chi connectivity index (χ3n) is 5.17. The van der Waals surface area contributed by atoms with Crippen LogP contribution in [0.3, 0.4) is 0 Å². The van der Waals surface area contributed by atoms with Crippen LogP contribution in [0, 0.1) is 0 Å². The molecule has 156 valence electrons. The first-order chi connectivity index (χ1) is 15.1. The molecule has 3 heterocycles. The van der Waals surface area contributed by atoms with Crippen LogP contribution in [-0.2, 0) is 4.79 Å². The van der Waals surface area contributed by atoms with E-state index in [9.17, 15) is 9.59 Å². The van der Waals surface area contributed by atoms with Crippen molar-refractivity contribution in [3.63, 3.8) is 0 Å². The summed E-state index contributed by atoms with van der Waals surface area (Å²) in [6.45, 7) is 2.65. The number of para-hydroxylation sites is 2. The second-order valence-electron chi connectivity index (χ2n) is 7.23. The summed E-state index contributed by atoms with van der Waals surface area (Å²) in [7, 11) is 0. The maximum atomic E-state index is 12.8. The van der Waals surface area contributed by atoms with E-state index < -0.39 is 5.25 Å². The Morgan fingerprint density at radius 3 is 2.61 bits per heavy atom. The normalized spacial score (nSPS) is 14.7. The fraction of sp³-hybridized carbons (Fsp3) is 0.182. The van der Waals surface area contributed by atoms with Crippen molar-refractivity contribution in [1.82, 2.24) is 30.0 Å². The average molecular weight is 433 g/mol. The molecule has 5 rings (SSSR count). The van der Waals surface area contributed by atoms with Gasteiger partial charge in [0.1, 0.15) is 0 Å². The summed E-state index contributed by atoms with van der Waals surface area (Å²) in [5.41, 5.74) is 2.74. The number of H-pyrrole nitrogens is 1. The molecule has 1 fully saturated rings. The summed E-state index contributed by atoms with van der Waals surface area (Å²) < 4.78 is 1.93. The van der Waals surface area contributed by atoms with E-state index in [1.165, 1.54) is 16.7 Å². The van der Waals surface area contributed by atoms with Gasteiger partial charge >= 0.3 is 6.03 Å². The molecule has 3 amide bonds. The Bertz CT molecular complexity index is 1230. The third-order valence-corrected chi connectivity index (χ3v) is 6.20. The molecular formula is C22H20N6O2S. The number of amides is 3. The Labute approximate surface area is 182 Å². The molecule has 1 aliphatic rings. The van der Waals surface area contributed by atoms with E-state index in [2.05, 4.69) is 20.5 Å². The predicted octanol–water partition coefficient (Wildman–Crippen LogP) is 3.45. The van der Waals surface area contributed by atoms with Crippen LogP contribution in [0.4, 0.5) is 4.79 Å². The molecule has 0 spiro atoms. The molecule has 2 N–H and O–H groups in total. The molecule has 8 nitrogen and oxygen atoms in total. The van der Waals surface area contributed by atoms with Gasteiger partial charge in [-0.15, -0.1) is 10.2 Å². The van der Waals surface area contributed by atoms with Crippen LogP contribution in [0.25, 0.3) is 28.1 Å². The summed E-state index contributed by atoms with van der Waals surface area (Å²) in [6.07, 6.45) is 0. The number of hydrogen-bond donors (Lipinski definition) is 2. The van der Waals surface area contributed by atoms with Crippen molar-refractivity contribution in [2.45, 2.75) is 17.3 Å². The predicted molar refractivity (Wildman–Crippen MR) is 119 cm³/mol. The van der Waals surface area contributed by atoms with E-state index >= 15 is 0 Å². The Balaban J connectivity index is 1.53.